The van der Waals surface area contributed by atoms with Crippen LogP contribution in [-0.4, -0.2) is 16.9 Å². The molecule has 1 aliphatic rings. The van der Waals surface area contributed by atoms with Crippen molar-refractivity contribution in [1.29, 1.82) is 0 Å². The van der Waals surface area contributed by atoms with Crippen molar-refractivity contribution in [1.82, 2.24) is 0 Å². The summed E-state index contributed by atoms with van der Waals surface area (Å²) in [5, 5.41) is 9.18. The Kier molecular flexibility index (Phi) is 4.88. The van der Waals surface area contributed by atoms with Crippen molar-refractivity contribution in [3.63, 3.8) is 0 Å². The first-order valence-corrected chi connectivity index (χ1v) is 7.23. The minimum Gasteiger partial charge on any atom is -0.481 e. The Morgan fingerprint density at radius 2 is 1.77 bits per heavy atom. The quantitative estimate of drug-likeness (QED) is 0.849. The Balaban J connectivity index is 2.20. The van der Waals surface area contributed by atoms with Crippen LogP contribution in [0.15, 0.2) is 24.3 Å². The first-order valence-electron chi connectivity index (χ1n) is 7.23. The molecule has 0 aromatic heterocycles. The van der Waals surface area contributed by atoms with Crippen LogP contribution >= 0.6 is 0 Å². The first-order chi connectivity index (χ1) is 10.3. The van der Waals surface area contributed by atoms with Crippen molar-refractivity contribution in [2.75, 3.05) is 0 Å². The van der Waals surface area contributed by atoms with E-state index in [1.165, 1.54) is 12.1 Å². The highest BCUT2D eigenvalue weighted by atomic mass is 19.4. The van der Waals surface area contributed by atoms with E-state index in [-0.39, 0.29) is 17.9 Å². The zero-order chi connectivity index (χ0) is 16.3. The SMILES string of the molecule is O=C(C[C@@H]1CCCC[C@H]1C(=O)O)c1ccccc1C(F)(F)F. The summed E-state index contributed by atoms with van der Waals surface area (Å²) in [6.07, 6.45) is -2.11. The molecular formula is C16H17F3O3. The fourth-order valence-corrected chi connectivity index (χ4v) is 3.10. The van der Waals surface area contributed by atoms with Crippen molar-refractivity contribution in [3.8, 4) is 0 Å². The van der Waals surface area contributed by atoms with E-state index in [9.17, 15) is 27.9 Å². The monoisotopic (exact) mass is 314 g/mol. The molecule has 120 valence electrons. The maximum Gasteiger partial charge on any atom is 0.417 e. The van der Waals surface area contributed by atoms with E-state index < -0.39 is 29.4 Å². The van der Waals surface area contributed by atoms with Gasteiger partial charge in [-0.05, 0) is 24.8 Å². The van der Waals surface area contributed by atoms with Gasteiger partial charge in [0.1, 0.15) is 0 Å². The van der Waals surface area contributed by atoms with Crippen molar-refractivity contribution in [2.45, 2.75) is 38.3 Å². The van der Waals surface area contributed by atoms with Gasteiger partial charge in [0.05, 0.1) is 11.5 Å². The van der Waals surface area contributed by atoms with Gasteiger partial charge in [0.25, 0.3) is 0 Å². The van der Waals surface area contributed by atoms with Crippen LogP contribution in [0, 0.1) is 11.8 Å². The Bertz CT molecular complexity index is 566. The third kappa shape index (κ3) is 3.67. The van der Waals surface area contributed by atoms with Crippen LogP contribution < -0.4 is 0 Å². The number of benzene rings is 1. The van der Waals surface area contributed by atoms with Crippen molar-refractivity contribution >= 4 is 11.8 Å². The number of carbonyl (C=O) groups is 2. The number of halogens is 3. The van der Waals surface area contributed by atoms with Crippen LogP contribution in [-0.2, 0) is 11.0 Å². The molecule has 1 fully saturated rings. The number of aliphatic carboxylic acids is 1. The molecule has 1 N–H and O–H groups in total. The molecule has 3 nitrogen and oxygen atoms in total. The lowest BCUT2D eigenvalue weighted by atomic mass is 9.76. The first kappa shape index (κ1) is 16.5. The average molecular weight is 314 g/mol. The van der Waals surface area contributed by atoms with E-state index in [1.807, 2.05) is 0 Å². The second kappa shape index (κ2) is 6.50. The Morgan fingerprint density at radius 1 is 1.14 bits per heavy atom. The molecule has 0 heterocycles. The molecule has 1 aliphatic carbocycles. The van der Waals surface area contributed by atoms with E-state index >= 15 is 0 Å². The Labute approximate surface area is 126 Å². The normalized spacial score (nSPS) is 22.3. The van der Waals surface area contributed by atoms with Gasteiger partial charge in [-0.25, -0.2) is 0 Å². The molecular weight excluding hydrogens is 297 g/mol. The summed E-state index contributed by atoms with van der Waals surface area (Å²) in [5.41, 5.74) is -1.33. The fourth-order valence-electron chi connectivity index (χ4n) is 3.10. The number of rotatable bonds is 4. The van der Waals surface area contributed by atoms with E-state index in [2.05, 4.69) is 0 Å². The van der Waals surface area contributed by atoms with Crippen molar-refractivity contribution in [3.05, 3.63) is 35.4 Å². The summed E-state index contributed by atoms with van der Waals surface area (Å²) in [7, 11) is 0. The van der Waals surface area contributed by atoms with Crippen LogP contribution in [0.25, 0.3) is 0 Å². The van der Waals surface area contributed by atoms with Crippen LogP contribution in [0.2, 0.25) is 0 Å². The maximum absolute atomic E-state index is 12.9. The number of hydrogen-bond donors (Lipinski definition) is 1. The van der Waals surface area contributed by atoms with Gasteiger partial charge >= 0.3 is 12.1 Å². The summed E-state index contributed by atoms with van der Waals surface area (Å²) >= 11 is 0. The molecule has 0 amide bonds. The largest absolute Gasteiger partial charge is 0.481 e. The molecule has 22 heavy (non-hydrogen) atoms. The van der Waals surface area contributed by atoms with E-state index in [0.29, 0.717) is 12.8 Å². The molecule has 2 atom stereocenters. The zero-order valence-corrected chi connectivity index (χ0v) is 11.9. The third-order valence-electron chi connectivity index (χ3n) is 4.21. The van der Waals surface area contributed by atoms with Gasteiger partial charge in [-0.1, -0.05) is 31.0 Å². The zero-order valence-electron chi connectivity index (χ0n) is 11.9. The van der Waals surface area contributed by atoms with Gasteiger partial charge in [-0.3, -0.25) is 9.59 Å². The second-order valence-corrected chi connectivity index (χ2v) is 5.66. The number of carbonyl (C=O) groups excluding carboxylic acids is 1. The summed E-state index contributed by atoms with van der Waals surface area (Å²) in [6.45, 7) is 0. The number of hydrogen-bond acceptors (Lipinski definition) is 2. The van der Waals surface area contributed by atoms with Gasteiger partial charge in [-0.15, -0.1) is 0 Å². The van der Waals surface area contributed by atoms with Crippen LogP contribution in [0.5, 0.6) is 0 Å². The molecule has 0 unspecified atom stereocenters. The lowest BCUT2D eigenvalue weighted by Gasteiger charge is -2.28. The van der Waals surface area contributed by atoms with Crippen molar-refractivity contribution in [2.24, 2.45) is 11.8 Å². The van der Waals surface area contributed by atoms with Gasteiger partial charge in [0.2, 0.25) is 0 Å². The number of carboxylic acid groups (broad SMARTS) is 1. The molecule has 0 aliphatic heterocycles. The highest BCUT2D eigenvalue weighted by Gasteiger charge is 2.37. The summed E-state index contributed by atoms with van der Waals surface area (Å²) in [4.78, 5) is 23.5. The fraction of sp³-hybridized carbons (Fsp3) is 0.500. The molecule has 0 bridgehead atoms. The maximum atomic E-state index is 12.9. The minimum atomic E-state index is -4.59. The molecule has 1 saturated carbocycles. The summed E-state index contributed by atoms with van der Waals surface area (Å²) in [5.74, 6) is -2.64. The number of ketones is 1. The molecule has 2 rings (SSSR count). The van der Waals surface area contributed by atoms with Gasteiger partial charge < -0.3 is 5.11 Å². The number of Topliss-reactive ketones (excluding diaryl/α,β-unsaturated/α-hetero) is 1. The predicted octanol–water partition coefficient (Wildman–Crippen LogP) is 4.17. The van der Waals surface area contributed by atoms with Crippen molar-refractivity contribution < 1.29 is 27.9 Å². The predicted molar refractivity (Wildman–Crippen MR) is 73.5 cm³/mol. The second-order valence-electron chi connectivity index (χ2n) is 5.66. The van der Waals surface area contributed by atoms with Gasteiger partial charge in [-0.2, -0.15) is 13.2 Å². The smallest absolute Gasteiger partial charge is 0.417 e. The highest BCUT2D eigenvalue weighted by Crippen LogP contribution is 2.36. The number of alkyl halides is 3. The van der Waals surface area contributed by atoms with E-state index in [0.717, 1.165) is 25.0 Å². The third-order valence-corrected chi connectivity index (χ3v) is 4.21. The summed E-state index contributed by atoms with van der Waals surface area (Å²) in [6, 6.07) is 4.66. The van der Waals surface area contributed by atoms with Crippen LogP contribution in [0.4, 0.5) is 13.2 Å². The molecule has 1 aromatic carbocycles. The van der Waals surface area contributed by atoms with E-state index in [4.69, 9.17) is 0 Å². The number of carboxylic acids is 1. The Hall–Kier alpha value is -1.85. The van der Waals surface area contributed by atoms with Crippen LogP contribution in [0.3, 0.4) is 0 Å². The molecule has 0 radical (unpaired) electrons. The Morgan fingerprint density at radius 3 is 2.41 bits per heavy atom. The average Bonchev–Trinajstić information content (AvgIpc) is 2.46. The lowest BCUT2D eigenvalue weighted by molar-refractivity contribution is -0.145. The molecule has 0 spiro atoms. The van der Waals surface area contributed by atoms with Gasteiger partial charge in [0.15, 0.2) is 5.78 Å². The summed E-state index contributed by atoms with van der Waals surface area (Å²) < 4.78 is 38.8. The van der Waals surface area contributed by atoms with E-state index in [1.54, 1.807) is 0 Å². The van der Waals surface area contributed by atoms with Gasteiger partial charge in [0, 0.05) is 12.0 Å². The molecule has 0 saturated heterocycles. The topological polar surface area (TPSA) is 54.4 Å². The lowest BCUT2D eigenvalue weighted by Crippen LogP contribution is -2.29. The standard InChI is InChI=1S/C16H17F3O3/c17-16(18,19)13-8-4-3-7-12(13)14(20)9-10-5-1-2-6-11(10)15(21)22/h3-4,7-8,10-11H,1-2,5-6,9H2,(H,21,22)/t10-,11+/m0/s1. The minimum absolute atomic E-state index is 0.149. The molecule has 1 aromatic rings. The molecule has 6 heteroatoms. The highest BCUT2D eigenvalue weighted by molar-refractivity contribution is 5.98. The van der Waals surface area contributed by atoms with Crippen LogP contribution in [0.1, 0.15) is 48.0 Å².